The summed E-state index contributed by atoms with van der Waals surface area (Å²) in [5, 5.41) is 1.24. The van der Waals surface area contributed by atoms with Crippen LogP contribution in [0.25, 0.3) is 10.9 Å². The number of benzene rings is 1. The molecule has 21 heavy (non-hydrogen) atoms. The lowest BCUT2D eigenvalue weighted by Crippen LogP contribution is -2.41. The van der Waals surface area contributed by atoms with E-state index < -0.39 is 0 Å². The zero-order valence-electron chi connectivity index (χ0n) is 12.6. The van der Waals surface area contributed by atoms with Crippen molar-refractivity contribution in [2.75, 3.05) is 13.6 Å². The van der Waals surface area contributed by atoms with E-state index in [1.54, 1.807) is 0 Å². The van der Waals surface area contributed by atoms with Crippen LogP contribution in [0.1, 0.15) is 43.4 Å². The van der Waals surface area contributed by atoms with Crippen LogP contribution < -0.4 is 0 Å². The molecule has 1 saturated carbocycles. The normalized spacial score (nSPS) is 21.6. The van der Waals surface area contributed by atoms with Crippen molar-refractivity contribution in [2.24, 2.45) is 0 Å². The second-order valence-electron chi connectivity index (χ2n) is 6.79. The van der Waals surface area contributed by atoms with Crippen molar-refractivity contribution in [3.05, 3.63) is 35.5 Å². The van der Waals surface area contributed by atoms with Crippen molar-refractivity contribution in [1.82, 2.24) is 9.88 Å². The van der Waals surface area contributed by atoms with Crippen LogP contribution in [0.3, 0.4) is 0 Å². The fourth-order valence-electron chi connectivity index (χ4n) is 4.38. The number of aromatic nitrogens is 1. The molecule has 2 aliphatic rings. The molecule has 2 aromatic rings. The first-order valence-electron chi connectivity index (χ1n) is 8.04. The van der Waals surface area contributed by atoms with Crippen LogP contribution in [0.15, 0.2) is 24.3 Å². The second-order valence-corrected chi connectivity index (χ2v) is 6.79. The lowest BCUT2D eigenvalue weighted by molar-refractivity contribution is -0.129. The van der Waals surface area contributed by atoms with E-state index in [1.165, 1.54) is 54.3 Å². The lowest BCUT2D eigenvalue weighted by Gasteiger charge is -2.38. The summed E-state index contributed by atoms with van der Waals surface area (Å²) in [5.74, 6) is 0.253. The molecular weight excluding hydrogens is 260 g/mol. The third kappa shape index (κ3) is 1.90. The highest BCUT2D eigenvalue weighted by molar-refractivity contribution is 5.91. The van der Waals surface area contributed by atoms with Crippen LogP contribution in [-0.2, 0) is 16.6 Å². The molecule has 1 fully saturated rings. The van der Waals surface area contributed by atoms with Gasteiger partial charge < -0.3 is 9.88 Å². The Morgan fingerprint density at radius 2 is 1.90 bits per heavy atom. The summed E-state index contributed by atoms with van der Waals surface area (Å²) in [7, 11) is 1.97. The van der Waals surface area contributed by atoms with Gasteiger partial charge in [-0.3, -0.25) is 4.79 Å². The maximum Gasteiger partial charge on any atom is 0.226 e. The highest BCUT2D eigenvalue weighted by Crippen LogP contribution is 2.44. The number of carbonyl (C=O) groups is 1. The van der Waals surface area contributed by atoms with Crippen molar-refractivity contribution < 1.29 is 4.79 Å². The number of hydrogen-bond acceptors (Lipinski definition) is 1. The van der Waals surface area contributed by atoms with Gasteiger partial charge in [0, 0.05) is 35.6 Å². The smallest absolute Gasteiger partial charge is 0.226 e. The predicted molar refractivity (Wildman–Crippen MR) is 84.4 cm³/mol. The van der Waals surface area contributed by atoms with Crippen LogP contribution in [0, 0.1) is 0 Å². The number of fused-ring (bicyclic) bond motifs is 4. The number of carbonyl (C=O) groups excluding carboxylic acids is 1. The minimum Gasteiger partial charge on any atom is -0.358 e. The third-order valence-electron chi connectivity index (χ3n) is 5.45. The number of aromatic amines is 1. The quantitative estimate of drug-likeness (QED) is 0.790. The molecule has 0 radical (unpaired) electrons. The maximum absolute atomic E-state index is 12.5. The van der Waals surface area contributed by atoms with Gasteiger partial charge in [-0.05, 0) is 24.5 Å². The van der Waals surface area contributed by atoms with Gasteiger partial charge in [0.25, 0.3) is 0 Å². The lowest BCUT2D eigenvalue weighted by atomic mass is 9.70. The third-order valence-corrected chi connectivity index (χ3v) is 5.45. The fourth-order valence-corrected chi connectivity index (χ4v) is 4.38. The molecule has 1 aromatic heterocycles. The number of para-hydroxylation sites is 1. The van der Waals surface area contributed by atoms with Crippen LogP contribution in [-0.4, -0.2) is 29.4 Å². The van der Waals surface area contributed by atoms with E-state index in [4.69, 9.17) is 0 Å². The molecule has 1 aliphatic carbocycles. The Morgan fingerprint density at radius 3 is 2.71 bits per heavy atom. The summed E-state index contributed by atoms with van der Waals surface area (Å²) in [6, 6.07) is 8.43. The predicted octanol–water partition coefficient (Wildman–Crippen LogP) is 3.38. The average Bonchev–Trinajstić information content (AvgIpc) is 2.83. The Labute approximate surface area is 125 Å². The Bertz CT molecular complexity index is 694. The van der Waals surface area contributed by atoms with E-state index in [-0.39, 0.29) is 11.3 Å². The van der Waals surface area contributed by atoms with Gasteiger partial charge in [0.1, 0.15) is 0 Å². The summed E-state index contributed by atoms with van der Waals surface area (Å²) in [4.78, 5) is 18.1. The Kier molecular flexibility index (Phi) is 2.84. The second kappa shape index (κ2) is 4.62. The van der Waals surface area contributed by atoms with Crippen molar-refractivity contribution in [3.63, 3.8) is 0 Å². The summed E-state index contributed by atoms with van der Waals surface area (Å²) in [6.07, 6.45) is 6.81. The highest BCUT2D eigenvalue weighted by atomic mass is 16.2. The Hall–Kier alpha value is -1.77. The number of amides is 1. The number of likely N-dealkylation sites (N-methyl/N-ethyl adjacent to an activating group) is 1. The minimum atomic E-state index is 0.146. The van der Waals surface area contributed by atoms with Gasteiger partial charge in [-0.15, -0.1) is 0 Å². The monoisotopic (exact) mass is 282 g/mol. The van der Waals surface area contributed by atoms with E-state index in [1.807, 2.05) is 11.9 Å². The van der Waals surface area contributed by atoms with Gasteiger partial charge in [0.2, 0.25) is 5.91 Å². The minimum absolute atomic E-state index is 0.146. The van der Waals surface area contributed by atoms with Crippen LogP contribution in [0.5, 0.6) is 0 Å². The van der Waals surface area contributed by atoms with Gasteiger partial charge in [0.05, 0.1) is 6.42 Å². The molecule has 0 saturated heterocycles. The first-order valence-corrected chi connectivity index (χ1v) is 8.04. The molecule has 3 heteroatoms. The molecule has 0 atom stereocenters. The van der Waals surface area contributed by atoms with E-state index >= 15 is 0 Å². The van der Waals surface area contributed by atoms with E-state index in [0.29, 0.717) is 6.42 Å². The standard InChI is InChI=1S/C18H22N2O/c1-20-12-18(9-5-2-6-10-18)17-14(11-16(20)21)13-7-3-4-8-15(13)19-17/h3-4,7-8,19H,2,5-6,9-12H2,1H3. The SMILES string of the molecule is CN1CC2(CCCCC2)c2[nH]c3ccccc3c2CC1=O. The molecule has 2 heterocycles. The molecule has 1 amide bonds. The molecule has 4 rings (SSSR count). The summed E-state index contributed by atoms with van der Waals surface area (Å²) >= 11 is 0. The summed E-state index contributed by atoms with van der Waals surface area (Å²) in [5.41, 5.74) is 3.93. The van der Waals surface area contributed by atoms with E-state index in [0.717, 1.165) is 6.54 Å². The number of nitrogens with one attached hydrogen (secondary N) is 1. The van der Waals surface area contributed by atoms with Crippen molar-refractivity contribution in [2.45, 2.75) is 43.9 Å². The summed E-state index contributed by atoms with van der Waals surface area (Å²) < 4.78 is 0. The van der Waals surface area contributed by atoms with Crippen molar-refractivity contribution >= 4 is 16.8 Å². The zero-order chi connectivity index (χ0) is 14.4. The molecule has 1 aliphatic heterocycles. The van der Waals surface area contributed by atoms with Crippen LogP contribution in [0.2, 0.25) is 0 Å². The van der Waals surface area contributed by atoms with Crippen LogP contribution in [0.4, 0.5) is 0 Å². The van der Waals surface area contributed by atoms with Crippen molar-refractivity contribution in [1.29, 1.82) is 0 Å². The molecule has 0 bridgehead atoms. The number of rotatable bonds is 0. The Balaban J connectivity index is 1.95. The van der Waals surface area contributed by atoms with Gasteiger partial charge in [-0.2, -0.15) is 0 Å². The average molecular weight is 282 g/mol. The van der Waals surface area contributed by atoms with E-state index in [9.17, 15) is 4.79 Å². The van der Waals surface area contributed by atoms with Gasteiger partial charge in [-0.25, -0.2) is 0 Å². The van der Waals surface area contributed by atoms with E-state index in [2.05, 4.69) is 29.2 Å². The fraction of sp³-hybridized carbons (Fsp3) is 0.500. The zero-order valence-corrected chi connectivity index (χ0v) is 12.6. The topological polar surface area (TPSA) is 36.1 Å². The molecule has 3 nitrogen and oxygen atoms in total. The molecule has 1 aromatic carbocycles. The molecular formula is C18H22N2O. The van der Waals surface area contributed by atoms with Gasteiger partial charge >= 0.3 is 0 Å². The number of H-pyrrole nitrogens is 1. The highest BCUT2D eigenvalue weighted by Gasteiger charge is 2.41. The van der Waals surface area contributed by atoms with Crippen molar-refractivity contribution in [3.8, 4) is 0 Å². The Morgan fingerprint density at radius 1 is 1.14 bits per heavy atom. The number of hydrogen-bond donors (Lipinski definition) is 1. The first kappa shape index (κ1) is 12.9. The summed E-state index contributed by atoms with van der Waals surface area (Å²) in [6.45, 7) is 0.867. The van der Waals surface area contributed by atoms with Gasteiger partial charge in [-0.1, -0.05) is 37.5 Å². The molecule has 1 N–H and O–H groups in total. The molecule has 1 spiro atoms. The molecule has 0 unspecified atom stereocenters. The largest absolute Gasteiger partial charge is 0.358 e. The van der Waals surface area contributed by atoms with Gasteiger partial charge in [0.15, 0.2) is 0 Å². The van der Waals surface area contributed by atoms with Crippen LogP contribution >= 0.6 is 0 Å². The maximum atomic E-state index is 12.5. The number of nitrogens with zero attached hydrogens (tertiary/aromatic N) is 1. The first-order chi connectivity index (χ1) is 10.2. The molecule has 110 valence electrons.